The molecule has 0 bridgehead atoms. The first kappa shape index (κ1) is 24.2. The van der Waals surface area contributed by atoms with Gasteiger partial charge in [0.25, 0.3) is 0 Å². The van der Waals surface area contributed by atoms with Gasteiger partial charge >= 0.3 is 5.97 Å². The first-order valence-corrected chi connectivity index (χ1v) is 10.7. The minimum atomic E-state index is -0.611. The quantitative estimate of drug-likeness (QED) is 0.219. The molecule has 0 unspecified atom stereocenters. The number of unbranched alkanes of at least 4 members (excludes halogenated alkanes) is 10. The van der Waals surface area contributed by atoms with E-state index in [4.69, 9.17) is 5.73 Å². The summed E-state index contributed by atoms with van der Waals surface area (Å²) in [5.74, 6) is -0.611. The van der Waals surface area contributed by atoms with Gasteiger partial charge in [0, 0.05) is 0 Å². The van der Waals surface area contributed by atoms with E-state index in [-0.39, 0.29) is 0 Å². The number of nitrogens with two attached hydrogens (primary N) is 1. The molecule has 0 rings (SSSR count). The molecule has 0 spiro atoms. The summed E-state index contributed by atoms with van der Waals surface area (Å²) >= 11 is 0. The number of carbonyl (C=O) groups is 1. The van der Waals surface area contributed by atoms with E-state index in [1.807, 2.05) is 13.8 Å². The molecule has 0 aromatic rings. The van der Waals surface area contributed by atoms with Crippen LogP contribution in [0.4, 0.5) is 0 Å². The highest BCUT2D eigenvalue weighted by Gasteiger charge is 2.33. The molecule has 0 aromatic heterocycles. The Bertz CT molecular complexity index is 335. The van der Waals surface area contributed by atoms with E-state index in [0.29, 0.717) is 0 Å². The molecule has 0 fully saturated rings. The lowest BCUT2D eigenvalue weighted by Gasteiger charge is -2.26. The first-order valence-electron chi connectivity index (χ1n) is 10.7. The molecule has 3 N–H and O–H groups in total. The summed E-state index contributed by atoms with van der Waals surface area (Å²) in [5, 5.41) is 9.42. The lowest BCUT2D eigenvalue weighted by atomic mass is 9.78. The summed E-state index contributed by atoms with van der Waals surface area (Å²) < 4.78 is 0. The third-order valence-electron chi connectivity index (χ3n) is 5.57. The van der Waals surface area contributed by atoms with Crippen LogP contribution in [0, 0.1) is 5.41 Å². The van der Waals surface area contributed by atoms with Crippen LogP contribution in [0.2, 0.25) is 0 Å². The van der Waals surface area contributed by atoms with E-state index in [1.54, 1.807) is 0 Å². The van der Waals surface area contributed by atoms with E-state index in [0.717, 1.165) is 38.6 Å². The second-order valence-electron chi connectivity index (χ2n) is 7.42. The fourth-order valence-corrected chi connectivity index (χ4v) is 3.44. The summed E-state index contributed by atoms with van der Waals surface area (Å²) in [6.07, 6.45) is 21.8. The molecule has 148 valence electrons. The molecule has 0 amide bonds. The zero-order chi connectivity index (χ0) is 18.8. The third kappa shape index (κ3) is 12.2. The summed E-state index contributed by atoms with van der Waals surface area (Å²) in [5.41, 5.74) is 5.00. The van der Waals surface area contributed by atoms with Crippen LogP contribution < -0.4 is 5.73 Å². The van der Waals surface area contributed by atoms with Crippen LogP contribution in [0.1, 0.15) is 110 Å². The molecule has 0 heterocycles. The predicted molar refractivity (Wildman–Crippen MR) is 109 cm³/mol. The second kappa shape index (κ2) is 16.6. The van der Waals surface area contributed by atoms with Crippen molar-refractivity contribution in [3.05, 3.63) is 12.2 Å². The Balaban J connectivity index is 3.47. The van der Waals surface area contributed by atoms with Crippen molar-refractivity contribution in [2.75, 3.05) is 6.54 Å². The first-order chi connectivity index (χ1) is 12.1. The maximum atomic E-state index is 11.4. The summed E-state index contributed by atoms with van der Waals surface area (Å²) in [4.78, 5) is 11.4. The maximum Gasteiger partial charge on any atom is 0.309 e. The van der Waals surface area contributed by atoms with Crippen molar-refractivity contribution < 1.29 is 9.90 Å². The van der Waals surface area contributed by atoms with E-state index >= 15 is 0 Å². The number of carboxylic acid groups (broad SMARTS) is 1. The van der Waals surface area contributed by atoms with Crippen molar-refractivity contribution in [1.82, 2.24) is 0 Å². The standard InChI is InChI=1S/C22H43NO2/c1-3-22(4-2,21(24)25)19-17-15-13-11-9-7-5-6-8-10-12-14-16-18-20-23/h5,7H,3-4,6,8-20,23H2,1-2H3,(H,24,25)/b7-5-. The molecule has 0 atom stereocenters. The van der Waals surface area contributed by atoms with Crippen LogP contribution in [0.15, 0.2) is 12.2 Å². The Kier molecular flexibility index (Phi) is 16.1. The number of carboxylic acids is 1. The predicted octanol–water partition coefficient (Wildman–Crippen LogP) is 6.46. The van der Waals surface area contributed by atoms with Gasteiger partial charge in [-0.2, -0.15) is 0 Å². The number of hydrogen-bond donors (Lipinski definition) is 2. The van der Waals surface area contributed by atoms with Gasteiger partial charge in [0.2, 0.25) is 0 Å². The van der Waals surface area contributed by atoms with Crippen molar-refractivity contribution in [3.63, 3.8) is 0 Å². The van der Waals surface area contributed by atoms with Crippen LogP contribution in [-0.4, -0.2) is 17.6 Å². The molecule has 0 aliphatic rings. The Hall–Kier alpha value is -0.830. The lowest BCUT2D eigenvalue weighted by molar-refractivity contribution is -0.150. The smallest absolute Gasteiger partial charge is 0.309 e. The van der Waals surface area contributed by atoms with Crippen molar-refractivity contribution in [1.29, 1.82) is 0 Å². The normalized spacial score (nSPS) is 12.1. The fourth-order valence-electron chi connectivity index (χ4n) is 3.44. The van der Waals surface area contributed by atoms with Gasteiger partial charge in [-0.1, -0.05) is 70.9 Å². The summed E-state index contributed by atoms with van der Waals surface area (Å²) in [7, 11) is 0. The van der Waals surface area contributed by atoms with Gasteiger partial charge in [-0.15, -0.1) is 0 Å². The lowest BCUT2D eigenvalue weighted by Crippen LogP contribution is -2.29. The maximum absolute atomic E-state index is 11.4. The monoisotopic (exact) mass is 353 g/mol. The molecule has 3 nitrogen and oxygen atoms in total. The summed E-state index contributed by atoms with van der Waals surface area (Å²) in [6.45, 7) is 4.84. The van der Waals surface area contributed by atoms with Crippen molar-refractivity contribution in [3.8, 4) is 0 Å². The molecule has 0 aliphatic carbocycles. The van der Waals surface area contributed by atoms with Crippen LogP contribution >= 0.6 is 0 Å². The van der Waals surface area contributed by atoms with Gasteiger partial charge in [0.15, 0.2) is 0 Å². The van der Waals surface area contributed by atoms with Crippen molar-refractivity contribution in [2.45, 2.75) is 110 Å². The van der Waals surface area contributed by atoms with Gasteiger partial charge < -0.3 is 10.8 Å². The minimum absolute atomic E-state index is 0.482. The minimum Gasteiger partial charge on any atom is -0.481 e. The van der Waals surface area contributed by atoms with Gasteiger partial charge in [0.05, 0.1) is 5.41 Å². The molecule has 3 heteroatoms. The van der Waals surface area contributed by atoms with Crippen LogP contribution in [0.5, 0.6) is 0 Å². The van der Waals surface area contributed by atoms with Crippen LogP contribution in [0.3, 0.4) is 0 Å². The topological polar surface area (TPSA) is 63.3 Å². The van der Waals surface area contributed by atoms with Gasteiger partial charge in [0.1, 0.15) is 0 Å². The molecule has 0 radical (unpaired) electrons. The molecular weight excluding hydrogens is 310 g/mol. The number of aliphatic carboxylic acids is 1. The Labute approximate surface area is 156 Å². The highest BCUT2D eigenvalue weighted by Crippen LogP contribution is 2.33. The Morgan fingerprint density at radius 1 is 0.800 bits per heavy atom. The van der Waals surface area contributed by atoms with E-state index in [1.165, 1.54) is 64.2 Å². The molecular formula is C22H43NO2. The average Bonchev–Trinajstić information content (AvgIpc) is 2.61. The second-order valence-corrected chi connectivity index (χ2v) is 7.42. The fraction of sp³-hybridized carbons (Fsp3) is 0.864. The number of rotatable bonds is 18. The zero-order valence-corrected chi connectivity index (χ0v) is 16.9. The van der Waals surface area contributed by atoms with Crippen molar-refractivity contribution in [2.24, 2.45) is 11.1 Å². The van der Waals surface area contributed by atoms with Crippen LogP contribution in [-0.2, 0) is 4.79 Å². The Morgan fingerprint density at radius 3 is 1.68 bits per heavy atom. The number of allylic oxidation sites excluding steroid dienone is 2. The van der Waals surface area contributed by atoms with Crippen LogP contribution in [0.25, 0.3) is 0 Å². The molecule has 25 heavy (non-hydrogen) atoms. The van der Waals surface area contributed by atoms with Gasteiger partial charge in [-0.25, -0.2) is 0 Å². The largest absolute Gasteiger partial charge is 0.481 e. The highest BCUT2D eigenvalue weighted by atomic mass is 16.4. The SMILES string of the molecule is CCC(CC)(CCCCCC/C=C\CCCCCCCCN)C(=O)O. The number of hydrogen-bond acceptors (Lipinski definition) is 2. The summed E-state index contributed by atoms with van der Waals surface area (Å²) in [6, 6.07) is 0. The van der Waals surface area contributed by atoms with E-state index in [9.17, 15) is 9.90 Å². The molecule has 0 aliphatic heterocycles. The average molecular weight is 354 g/mol. The third-order valence-corrected chi connectivity index (χ3v) is 5.57. The van der Waals surface area contributed by atoms with E-state index < -0.39 is 11.4 Å². The molecule has 0 saturated heterocycles. The molecule has 0 aromatic carbocycles. The van der Waals surface area contributed by atoms with E-state index in [2.05, 4.69) is 12.2 Å². The van der Waals surface area contributed by atoms with Gasteiger partial charge in [-0.05, 0) is 57.9 Å². The zero-order valence-electron chi connectivity index (χ0n) is 16.9. The van der Waals surface area contributed by atoms with Crippen molar-refractivity contribution >= 4 is 5.97 Å². The highest BCUT2D eigenvalue weighted by molar-refractivity contribution is 5.74. The Morgan fingerprint density at radius 2 is 1.24 bits per heavy atom. The van der Waals surface area contributed by atoms with Gasteiger partial charge in [-0.3, -0.25) is 4.79 Å². The molecule has 0 saturated carbocycles.